The van der Waals surface area contributed by atoms with Gasteiger partial charge in [-0.25, -0.2) is 4.99 Å². The molecule has 0 bridgehead atoms. The summed E-state index contributed by atoms with van der Waals surface area (Å²) < 4.78 is 5.42. The summed E-state index contributed by atoms with van der Waals surface area (Å²) in [6, 6.07) is 8.94. The van der Waals surface area contributed by atoms with Crippen LogP contribution in [0.4, 0.5) is 0 Å². The summed E-state index contributed by atoms with van der Waals surface area (Å²) in [6.07, 6.45) is 5.45. The Kier molecular flexibility index (Phi) is 9.76. The maximum absolute atomic E-state index is 5.42. The van der Waals surface area contributed by atoms with E-state index in [1.165, 1.54) is 49.9 Å². The van der Waals surface area contributed by atoms with Crippen molar-refractivity contribution in [3.63, 3.8) is 0 Å². The number of benzene rings is 1. The molecule has 2 aliphatic heterocycles. The Morgan fingerprint density at radius 2 is 1.72 bits per heavy atom. The van der Waals surface area contributed by atoms with Gasteiger partial charge in [0.15, 0.2) is 5.96 Å². The molecule has 1 aromatic rings. The average Bonchev–Trinajstić information content (AvgIpc) is 3.02. The zero-order valence-corrected chi connectivity index (χ0v) is 18.2. The number of likely N-dealkylation sites (tertiary alicyclic amines) is 1. The quantitative estimate of drug-likeness (QED) is 0.518. The summed E-state index contributed by atoms with van der Waals surface area (Å²) in [5.74, 6) is 0.902. The van der Waals surface area contributed by atoms with E-state index in [-0.39, 0.29) is 0 Å². The van der Waals surface area contributed by atoms with Gasteiger partial charge >= 0.3 is 0 Å². The first-order valence-electron chi connectivity index (χ1n) is 11.5. The van der Waals surface area contributed by atoms with Crippen molar-refractivity contribution >= 4 is 5.96 Å². The number of ether oxygens (including phenoxy) is 1. The molecule has 0 aromatic heterocycles. The van der Waals surface area contributed by atoms with Crippen LogP contribution in [0.25, 0.3) is 0 Å². The second-order valence-corrected chi connectivity index (χ2v) is 8.09. The molecule has 0 atom stereocenters. The normalized spacial score (nSPS) is 19.7. The number of hydrogen-bond acceptors (Lipinski definition) is 4. The number of aliphatic imine (C=N–C) groups is 1. The van der Waals surface area contributed by atoms with Crippen LogP contribution in [0.3, 0.4) is 0 Å². The SMILES string of the molecule is CCNC(=NCc1cccc(CN2CCCCCC2)c1)NCCN1CCOCC1. The van der Waals surface area contributed by atoms with Crippen LogP contribution in [-0.2, 0) is 17.8 Å². The van der Waals surface area contributed by atoms with Crippen LogP contribution in [0, 0.1) is 0 Å². The molecule has 162 valence electrons. The Morgan fingerprint density at radius 1 is 0.966 bits per heavy atom. The minimum absolute atomic E-state index is 0.709. The third-order valence-electron chi connectivity index (χ3n) is 5.68. The van der Waals surface area contributed by atoms with Gasteiger partial charge in [0.25, 0.3) is 0 Å². The number of nitrogens with zero attached hydrogens (tertiary/aromatic N) is 3. The molecule has 0 aliphatic carbocycles. The molecule has 2 heterocycles. The Morgan fingerprint density at radius 3 is 2.48 bits per heavy atom. The number of rotatable bonds is 8. The molecule has 2 aliphatic rings. The second kappa shape index (κ2) is 12.8. The molecular formula is C23H39N5O. The Balaban J connectivity index is 1.48. The lowest BCUT2D eigenvalue weighted by molar-refractivity contribution is 0.0389. The minimum atomic E-state index is 0.709. The molecule has 0 amide bonds. The van der Waals surface area contributed by atoms with E-state index in [9.17, 15) is 0 Å². The molecule has 3 rings (SSSR count). The van der Waals surface area contributed by atoms with Crippen LogP contribution in [0.2, 0.25) is 0 Å². The summed E-state index contributed by atoms with van der Waals surface area (Å²) in [7, 11) is 0. The molecule has 0 unspecified atom stereocenters. The zero-order valence-electron chi connectivity index (χ0n) is 18.2. The van der Waals surface area contributed by atoms with Crippen molar-refractivity contribution in [1.82, 2.24) is 20.4 Å². The first-order valence-corrected chi connectivity index (χ1v) is 11.5. The van der Waals surface area contributed by atoms with Crippen molar-refractivity contribution < 1.29 is 4.74 Å². The maximum atomic E-state index is 5.42. The predicted octanol–water partition coefficient (Wildman–Crippen LogP) is 2.45. The third-order valence-corrected chi connectivity index (χ3v) is 5.68. The van der Waals surface area contributed by atoms with Gasteiger partial charge in [-0.2, -0.15) is 0 Å². The lowest BCUT2D eigenvalue weighted by atomic mass is 10.1. The second-order valence-electron chi connectivity index (χ2n) is 8.09. The fourth-order valence-electron chi connectivity index (χ4n) is 4.05. The number of nitrogens with one attached hydrogen (secondary N) is 2. The number of hydrogen-bond donors (Lipinski definition) is 2. The van der Waals surface area contributed by atoms with E-state index < -0.39 is 0 Å². The van der Waals surface area contributed by atoms with Crippen LogP contribution in [0.5, 0.6) is 0 Å². The standard InChI is InChI=1S/C23H39N5O/c1-2-24-23(25-10-13-27-14-16-29-17-15-27)26-19-21-8-7-9-22(18-21)20-28-11-5-3-4-6-12-28/h7-9,18H,2-6,10-17,19-20H2,1H3,(H2,24,25,26). The van der Waals surface area contributed by atoms with Crippen LogP contribution >= 0.6 is 0 Å². The van der Waals surface area contributed by atoms with Crippen molar-refractivity contribution in [2.24, 2.45) is 4.99 Å². The van der Waals surface area contributed by atoms with Gasteiger partial charge in [-0.1, -0.05) is 37.1 Å². The van der Waals surface area contributed by atoms with Gasteiger partial charge in [0, 0.05) is 39.3 Å². The molecule has 2 saturated heterocycles. The predicted molar refractivity (Wildman–Crippen MR) is 120 cm³/mol. The van der Waals surface area contributed by atoms with E-state index >= 15 is 0 Å². The molecule has 0 saturated carbocycles. The summed E-state index contributed by atoms with van der Waals surface area (Å²) in [6.45, 7) is 12.9. The van der Waals surface area contributed by atoms with Gasteiger partial charge in [-0.3, -0.25) is 9.80 Å². The van der Waals surface area contributed by atoms with Crippen molar-refractivity contribution in [3.8, 4) is 0 Å². The van der Waals surface area contributed by atoms with Crippen LogP contribution < -0.4 is 10.6 Å². The number of guanidine groups is 1. The van der Waals surface area contributed by atoms with Crippen LogP contribution in [-0.4, -0.2) is 74.8 Å². The molecule has 1 aromatic carbocycles. The molecule has 2 N–H and O–H groups in total. The Hall–Kier alpha value is -1.63. The summed E-state index contributed by atoms with van der Waals surface area (Å²) in [4.78, 5) is 9.85. The Bertz CT molecular complexity index is 607. The monoisotopic (exact) mass is 401 g/mol. The average molecular weight is 402 g/mol. The minimum Gasteiger partial charge on any atom is -0.379 e. The largest absolute Gasteiger partial charge is 0.379 e. The molecule has 6 heteroatoms. The van der Waals surface area contributed by atoms with Gasteiger partial charge in [0.1, 0.15) is 0 Å². The van der Waals surface area contributed by atoms with E-state index in [0.717, 1.165) is 58.4 Å². The summed E-state index contributed by atoms with van der Waals surface area (Å²) in [5, 5.41) is 6.84. The Labute approximate surface area is 176 Å². The van der Waals surface area contributed by atoms with Crippen molar-refractivity contribution in [2.45, 2.75) is 45.7 Å². The van der Waals surface area contributed by atoms with Crippen molar-refractivity contribution in [1.29, 1.82) is 0 Å². The summed E-state index contributed by atoms with van der Waals surface area (Å²) >= 11 is 0. The molecular weight excluding hydrogens is 362 g/mol. The maximum Gasteiger partial charge on any atom is 0.191 e. The molecule has 29 heavy (non-hydrogen) atoms. The van der Waals surface area contributed by atoms with E-state index in [0.29, 0.717) is 6.54 Å². The highest BCUT2D eigenvalue weighted by atomic mass is 16.5. The fraction of sp³-hybridized carbons (Fsp3) is 0.696. The lowest BCUT2D eigenvalue weighted by Gasteiger charge is -2.26. The highest BCUT2D eigenvalue weighted by Gasteiger charge is 2.11. The number of morpholine rings is 1. The molecule has 0 spiro atoms. The smallest absolute Gasteiger partial charge is 0.191 e. The van der Waals surface area contributed by atoms with E-state index in [4.69, 9.17) is 9.73 Å². The van der Waals surface area contributed by atoms with Crippen LogP contribution in [0.1, 0.15) is 43.7 Å². The first-order chi connectivity index (χ1) is 14.3. The van der Waals surface area contributed by atoms with Gasteiger partial charge in [0.2, 0.25) is 0 Å². The van der Waals surface area contributed by atoms with E-state index in [2.05, 4.69) is 51.6 Å². The fourth-order valence-corrected chi connectivity index (χ4v) is 4.05. The van der Waals surface area contributed by atoms with E-state index in [1.807, 2.05) is 0 Å². The molecule has 2 fully saturated rings. The van der Waals surface area contributed by atoms with Gasteiger partial charge in [0.05, 0.1) is 19.8 Å². The first kappa shape index (κ1) is 22.1. The van der Waals surface area contributed by atoms with Crippen molar-refractivity contribution in [3.05, 3.63) is 35.4 Å². The van der Waals surface area contributed by atoms with Crippen LogP contribution in [0.15, 0.2) is 29.3 Å². The van der Waals surface area contributed by atoms with Gasteiger partial charge < -0.3 is 15.4 Å². The highest BCUT2D eigenvalue weighted by molar-refractivity contribution is 5.79. The lowest BCUT2D eigenvalue weighted by Crippen LogP contribution is -2.44. The third kappa shape index (κ3) is 8.33. The highest BCUT2D eigenvalue weighted by Crippen LogP contribution is 2.14. The summed E-state index contributed by atoms with van der Waals surface area (Å²) in [5.41, 5.74) is 2.69. The molecule has 6 nitrogen and oxygen atoms in total. The topological polar surface area (TPSA) is 52.1 Å². The van der Waals surface area contributed by atoms with Gasteiger partial charge in [-0.15, -0.1) is 0 Å². The molecule has 0 radical (unpaired) electrons. The van der Waals surface area contributed by atoms with Gasteiger partial charge in [-0.05, 0) is 44.0 Å². The van der Waals surface area contributed by atoms with Crippen molar-refractivity contribution in [2.75, 3.05) is 59.0 Å². The van der Waals surface area contributed by atoms with E-state index in [1.54, 1.807) is 0 Å². The zero-order chi connectivity index (χ0) is 20.2.